The van der Waals surface area contributed by atoms with Crippen LogP contribution in [0, 0.1) is 6.92 Å². The number of ether oxygens (including phenoxy) is 2. The average molecular weight is 428 g/mol. The molecule has 0 aliphatic rings. The Bertz CT molecular complexity index is 1080. The molecule has 0 saturated heterocycles. The van der Waals surface area contributed by atoms with Gasteiger partial charge in [-0.25, -0.2) is 13.4 Å². The molecule has 3 aromatic rings. The maximum absolute atomic E-state index is 12.7. The quantitative estimate of drug-likeness (QED) is 0.539. The molecular formula is C22H25N3O4S. The minimum atomic E-state index is -3.80. The molecule has 0 spiro atoms. The number of sulfonamides is 1. The summed E-state index contributed by atoms with van der Waals surface area (Å²) in [5, 5.41) is 3.23. The van der Waals surface area contributed by atoms with Gasteiger partial charge in [0.2, 0.25) is 0 Å². The summed E-state index contributed by atoms with van der Waals surface area (Å²) >= 11 is 0. The van der Waals surface area contributed by atoms with Crippen LogP contribution in [0.15, 0.2) is 65.7 Å². The number of rotatable bonds is 9. The molecule has 2 N–H and O–H groups in total. The summed E-state index contributed by atoms with van der Waals surface area (Å²) in [5.74, 6) is 1.78. The average Bonchev–Trinajstić information content (AvgIpc) is 2.75. The van der Waals surface area contributed by atoms with Crippen LogP contribution in [0.25, 0.3) is 0 Å². The summed E-state index contributed by atoms with van der Waals surface area (Å²) in [5.41, 5.74) is 2.38. The van der Waals surface area contributed by atoms with E-state index in [1.54, 1.807) is 37.4 Å². The van der Waals surface area contributed by atoms with Crippen LogP contribution in [0.5, 0.6) is 11.5 Å². The molecule has 0 unspecified atom stereocenters. The van der Waals surface area contributed by atoms with Crippen molar-refractivity contribution in [2.24, 2.45) is 0 Å². The number of aryl methyl sites for hydroxylation is 1. The predicted molar refractivity (Wildman–Crippen MR) is 118 cm³/mol. The van der Waals surface area contributed by atoms with E-state index in [1.807, 2.05) is 31.2 Å². The van der Waals surface area contributed by atoms with Gasteiger partial charge in [0.15, 0.2) is 0 Å². The summed E-state index contributed by atoms with van der Waals surface area (Å²) < 4.78 is 38.4. The highest BCUT2D eigenvalue weighted by molar-refractivity contribution is 7.92. The van der Waals surface area contributed by atoms with E-state index in [0.29, 0.717) is 18.1 Å². The molecule has 2 aromatic carbocycles. The Morgan fingerprint density at radius 3 is 2.37 bits per heavy atom. The number of methoxy groups -OCH3 is 2. The maximum Gasteiger partial charge on any atom is 0.265 e. The van der Waals surface area contributed by atoms with Gasteiger partial charge in [-0.15, -0.1) is 0 Å². The van der Waals surface area contributed by atoms with Crippen LogP contribution >= 0.6 is 0 Å². The van der Waals surface area contributed by atoms with Crippen molar-refractivity contribution in [3.05, 3.63) is 71.9 Å². The number of hydrogen-bond acceptors (Lipinski definition) is 6. The molecule has 0 atom stereocenters. The molecule has 0 bridgehead atoms. The SMILES string of the molecule is COc1ccc(CCNc2ccc(NS(=O)(=O)c3cc(C)ccc3OC)cn2)cc1. The maximum atomic E-state index is 12.7. The van der Waals surface area contributed by atoms with Crippen LogP contribution in [0.2, 0.25) is 0 Å². The van der Waals surface area contributed by atoms with Crippen molar-refractivity contribution in [1.29, 1.82) is 0 Å². The first-order valence-corrected chi connectivity index (χ1v) is 10.9. The summed E-state index contributed by atoms with van der Waals surface area (Å²) in [4.78, 5) is 4.38. The van der Waals surface area contributed by atoms with Gasteiger partial charge in [-0.2, -0.15) is 0 Å². The van der Waals surface area contributed by atoms with Crippen molar-refractivity contribution in [3.63, 3.8) is 0 Å². The molecule has 0 fully saturated rings. The summed E-state index contributed by atoms with van der Waals surface area (Å²) in [6.45, 7) is 2.53. The van der Waals surface area contributed by atoms with Gasteiger partial charge in [0.05, 0.1) is 26.1 Å². The molecule has 1 aromatic heterocycles. The number of anilines is 2. The Kier molecular flexibility index (Phi) is 6.79. The smallest absolute Gasteiger partial charge is 0.265 e. The Balaban J connectivity index is 1.60. The monoisotopic (exact) mass is 427 g/mol. The predicted octanol–water partition coefficient (Wildman–Crippen LogP) is 3.86. The van der Waals surface area contributed by atoms with Gasteiger partial charge in [0, 0.05) is 6.54 Å². The van der Waals surface area contributed by atoms with E-state index in [0.717, 1.165) is 17.7 Å². The fraction of sp³-hybridized carbons (Fsp3) is 0.227. The number of nitrogens with zero attached hydrogens (tertiary/aromatic N) is 1. The van der Waals surface area contributed by atoms with E-state index in [1.165, 1.54) is 18.9 Å². The largest absolute Gasteiger partial charge is 0.497 e. The van der Waals surface area contributed by atoms with Crippen LogP contribution in [-0.4, -0.2) is 34.2 Å². The fourth-order valence-electron chi connectivity index (χ4n) is 2.89. The van der Waals surface area contributed by atoms with E-state index in [-0.39, 0.29) is 10.6 Å². The highest BCUT2D eigenvalue weighted by atomic mass is 32.2. The first-order valence-electron chi connectivity index (χ1n) is 9.41. The van der Waals surface area contributed by atoms with Crippen molar-refractivity contribution in [2.75, 3.05) is 30.8 Å². The molecular weight excluding hydrogens is 402 g/mol. The normalized spacial score (nSPS) is 11.0. The molecule has 8 heteroatoms. The zero-order valence-electron chi connectivity index (χ0n) is 17.2. The standard InChI is InChI=1S/C22H25N3O4S/c1-16-4-10-20(29-3)21(14-16)30(26,27)25-18-7-11-22(24-15-18)23-13-12-17-5-8-19(28-2)9-6-17/h4-11,14-15,25H,12-13H2,1-3H3,(H,23,24). The summed E-state index contributed by atoms with van der Waals surface area (Å²) in [6.07, 6.45) is 2.31. The van der Waals surface area contributed by atoms with Gasteiger partial charge in [0.25, 0.3) is 10.0 Å². The first kappa shape index (κ1) is 21.4. The molecule has 0 aliphatic carbocycles. The molecule has 0 amide bonds. The molecule has 1 heterocycles. The van der Waals surface area contributed by atoms with Crippen molar-refractivity contribution < 1.29 is 17.9 Å². The second kappa shape index (κ2) is 9.49. The number of aromatic nitrogens is 1. The topological polar surface area (TPSA) is 89.6 Å². The highest BCUT2D eigenvalue weighted by Crippen LogP contribution is 2.26. The molecule has 0 saturated carbocycles. The molecule has 0 aliphatic heterocycles. The minimum absolute atomic E-state index is 0.0895. The summed E-state index contributed by atoms with van der Waals surface area (Å²) in [6, 6.07) is 16.3. The molecule has 0 radical (unpaired) electrons. The third-order valence-electron chi connectivity index (χ3n) is 4.50. The van der Waals surface area contributed by atoms with E-state index >= 15 is 0 Å². The van der Waals surface area contributed by atoms with Crippen LogP contribution in [0.4, 0.5) is 11.5 Å². The molecule has 7 nitrogen and oxygen atoms in total. The van der Waals surface area contributed by atoms with Gasteiger partial charge < -0.3 is 14.8 Å². The number of hydrogen-bond donors (Lipinski definition) is 2. The third kappa shape index (κ3) is 5.42. The number of benzene rings is 2. The molecule has 30 heavy (non-hydrogen) atoms. The lowest BCUT2D eigenvalue weighted by molar-refractivity contribution is 0.402. The second-order valence-electron chi connectivity index (χ2n) is 6.72. The molecule has 3 rings (SSSR count). The van der Waals surface area contributed by atoms with Gasteiger partial charge in [0.1, 0.15) is 22.2 Å². The Morgan fingerprint density at radius 2 is 1.73 bits per heavy atom. The van der Waals surface area contributed by atoms with E-state index in [9.17, 15) is 8.42 Å². The third-order valence-corrected chi connectivity index (χ3v) is 5.91. The van der Waals surface area contributed by atoms with Gasteiger partial charge in [-0.1, -0.05) is 18.2 Å². The van der Waals surface area contributed by atoms with Crippen LogP contribution < -0.4 is 19.5 Å². The van der Waals surface area contributed by atoms with Crippen LogP contribution in [-0.2, 0) is 16.4 Å². The number of pyridine rings is 1. The van der Waals surface area contributed by atoms with Gasteiger partial charge in [-0.3, -0.25) is 4.72 Å². The molecule has 158 valence electrons. The Hall–Kier alpha value is -3.26. The Labute approximate surface area is 177 Å². The lowest BCUT2D eigenvalue weighted by atomic mass is 10.1. The van der Waals surface area contributed by atoms with Crippen molar-refractivity contribution in [1.82, 2.24) is 4.98 Å². The minimum Gasteiger partial charge on any atom is -0.497 e. The lowest BCUT2D eigenvalue weighted by Gasteiger charge is -2.12. The summed E-state index contributed by atoms with van der Waals surface area (Å²) in [7, 11) is -0.711. The van der Waals surface area contributed by atoms with Crippen molar-refractivity contribution >= 4 is 21.5 Å². The number of nitrogens with one attached hydrogen (secondary N) is 2. The zero-order valence-corrected chi connectivity index (χ0v) is 18.0. The van der Waals surface area contributed by atoms with Gasteiger partial charge >= 0.3 is 0 Å². The highest BCUT2D eigenvalue weighted by Gasteiger charge is 2.20. The van der Waals surface area contributed by atoms with Crippen molar-refractivity contribution in [3.8, 4) is 11.5 Å². The lowest BCUT2D eigenvalue weighted by Crippen LogP contribution is -2.14. The van der Waals surface area contributed by atoms with E-state index < -0.39 is 10.0 Å². The van der Waals surface area contributed by atoms with E-state index in [2.05, 4.69) is 15.0 Å². The Morgan fingerprint density at radius 1 is 0.967 bits per heavy atom. The fourth-order valence-corrected chi connectivity index (χ4v) is 4.19. The van der Waals surface area contributed by atoms with Crippen molar-refractivity contribution in [2.45, 2.75) is 18.2 Å². The van der Waals surface area contributed by atoms with E-state index in [4.69, 9.17) is 9.47 Å². The first-order chi connectivity index (χ1) is 14.4. The van der Waals surface area contributed by atoms with Crippen LogP contribution in [0.3, 0.4) is 0 Å². The second-order valence-corrected chi connectivity index (χ2v) is 8.37. The van der Waals surface area contributed by atoms with Gasteiger partial charge in [-0.05, 0) is 60.9 Å². The zero-order chi connectivity index (χ0) is 21.6. The van der Waals surface area contributed by atoms with Crippen LogP contribution in [0.1, 0.15) is 11.1 Å².